The molecule has 0 atom stereocenters. The van der Waals surface area contributed by atoms with Crippen LogP contribution < -0.4 is 0 Å². The molecule has 1 N–H and O–H groups in total. The van der Waals surface area contributed by atoms with Gasteiger partial charge in [-0.25, -0.2) is 0 Å². The van der Waals surface area contributed by atoms with Crippen molar-refractivity contribution >= 4 is 7.05 Å². The van der Waals surface area contributed by atoms with Crippen LogP contribution in [0.3, 0.4) is 0 Å². The summed E-state index contributed by atoms with van der Waals surface area (Å²) in [5, 5.41) is 9.30. The van der Waals surface area contributed by atoms with Gasteiger partial charge in [-0.1, -0.05) is 38.8 Å². The van der Waals surface area contributed by atoms with Crippen molar-refractivity contribution < 1.29 is 0 Å². The van der Waals surface area contributed by atoms with E-state index in [-0.39, 0.29) is 5.16 Å². The minimum Gasteiger partial charge on any atom is -0.317 e. The molecule has 0 aliphatic heterocycles. The fourth-order valence-corrected chi connectivity index (χ4v) is 8.46. The van der Waals surface area contributed by atoms with Crippen LogP contribution in [0.15, 0.2) is 22.3 Å². The standard InChI is InChI=1S/C16H30NP/c1-10(2)18(17,11(3)4)16(9)14(7)12(5)13(6)15(16)8/h10-11,17H,1-9H3. The number of hydrogen-bond acceptors (Lipinski definition) is 1. The van der Waals surface area contributed by atoms with Crippen LogP contribution in [0, 0.1) is 5.16 Å². The minimum absolute atomic E-state index is 0.0104. The summed E-state index contributed by atoms with van der Waals surface area (Å²) in [5.74, 6) is 0. The molecule has 2 heteroatoms. The Labute approximate surface area is 114 Å². The molecule has 0 fully saturated rings. The van der Waals surface area contributed by atoms with Crippen LogP contribution in [0.5, 0.6) is 0 Å². The normalized spacial score (nSPS) is 20.6. The van der Waals surface area contributed by atoms with Crippen molar-refractivity contribution in [1.29, 1.82) is 5.16 Å². The monoisotopic (exact) mass is 267 g/mol. The van der Waals surface area contributed by atoms with Gasteiger partial charge in [-0.05, 0) is 64.1 Å². The third-order valence-electron chi connectivity index (χ3n) is 5.52. The van der Waals surface area contributed by atoms with Crippen molar-refractivity contribution in [2.45, 2.75) is 78.8 Å². The largest absolute Gasteiger partial charge is 0.317 e. The van der Waals surface area contributed by atoms with Crippen LogP contribution in [0.2, 0.25) is 0 Å². The van der Waals surface area contributed by atoms with E-state index in [4.69, 9.17) is 0 Å². The second-order valence-corrected chi connectivity index (χ2v) is 11.1. The molecule has 18 heavy (non-hydrogen) atoms. The maximum absolute atomic E-state index is 9.31. The predicted octanol–water partition coefficient (Wildman–Crippen LogP) is 6.03. The molecule has 1 aliphatic carbocycles. The number of allylic oxidation sites excluding steroid dienone is 4. The lowest BCUT2D eigenvalue weighted by atomic mass is 9.98. The van der Waals surface area contributed by atoms with E-state index in [1.165, 1.54) is 22.3 Å². The van der Waals surface area contributed by atoms with E-state index < -0.39 is 7.05 Å². The average molecular weight is 267 g/mol. The lowest BCUT2D eigenvalue weighted by Gasteiger charge is -2.47. The topological polar surface area (TPSA) is 23.9 Å². The van der Waals surface area contributed by atoms with Crippen LogP contribution in [-0.2, 0) is 0 Å². The molecule has 0 aromatic carbocycles. The summed E-state index contributed by atoms with van der Waals surface area (Å²) >= 11 is 0. The fourth-order valence-electron chi connectivity index (χ4n) is 3.76. The molecule has 0 spiro atoms. The first-order chi connectivity index (χ1) is 8.02. The first-order valence-corrected chi connectivity index (χ1v) is 8.95. The van der Waals surface area contributed by atoms with Crippen molar-refractivity contribution in [3.8, 4) is 0 Å². The molecule has 0 aromatic rings. The van der Waals surface area contributed by atoms with Gasteiger partial charge < -0.3 is 5.16 Å². The smallest absolute Gasteiger partial charge is 0.0450 e. The first-order valence-electron chi connectivity index (χ1n) is 7.02. The van der Waals surface area contributed by atoms with Crippen LogP contribution in [0.25, 0.3) is 0 Å². The minimum atomic E-state index is -1.83. The van der Waals surface area contributed by atoms with E-state index in [1.807, 2.05) is 0 Å². The molecule has 1 aliphatic rings. The third-order valence-corrected chi connectivity index (χ3v) is 10.9. The quantitative estimate of drug-likeness (QED) is 0.604. The molecule has 0 radical (unpaired) electrons. The fraction of sp³-hybridized carbons (Fsp3) is 0.750. The molecular formula is C16H30NP. The Bertz CT molecular complexity index is 427. The second kappa shape index (κ2) is 4.67. The van der Waals surface area contributed by atoms with Crippen LogP contribution in [0.1, 0.15) is 62.3 Å². The summed E-state index contributed by atoms with van der Waals surface area (Å²) in [6, 6.07) is 0. The van der Waals surface area contributed by atoms with Gasteiger partial charge >= 0.3 is 0 Å². The molecule has 0 bridgehead atoms. The van der Waals surface area contributed by atoms with Crippen LogP contribution in [-0.4, -0.2) is 16.5 Å². The zero-order chi connectivity index (χ0) is 14.5. The second-order valence-electron chi connectivity index (χ2n) is 6.54. The summed E-state index contributed by atoms with van der Waals surface area (Å²) in [7, 11) is -1.83. The van der Waals surface area contributed by atoms with Crippen molar-refractivity contribution in [2.24, 2.45) is 0 Å². The Kier molecular flexibility index (Phi) is 4.09. The average Bonchev–Trinajstić information content (AvgIpc) is 2.44. The summed E-state index contributed by atoms with van der Waals surface area (Å²) in [6.07, 6.45) is 0. The van der Waals surface area contributed by atoms with Gasteiger partial charge in [0, 0.05) is 5.16 Å². The highest BCUT2D eigenvalue weighted by molar-refractivity contribution is 7.68. The zero-order valence-corrected chi connectivity index (χ0v) is 14.5. The molecule has 0 saturated carbocycles. The lowest BCUT2D eigenvalue weighted by Crippen LogP contribution is -2.33. The molecule has 1 rings (SSSR count). The van der Waals surface area contributed by atoms with Crippen LogP contribution in [0.4, 0.5) is 0 Å². The van der Waals surface area contributed by atoms with Gasteiger partial charge in [0.2, 0.25) is 0 Å². The van der Waals surface area contributed by atoms with Gasteiger partial charge in [0.1, 0.15) is 0 Å². The molecule has 0 amide bonds. The molecule has 1 nitrogen and oxygen atoms in total. The van der Waals surface area contributed by atoms with E-state index >= 15 is 0 Å². The zero-order valence-electron chi connectivity index (χ0n) is 13.6. The first kappa shape index (κ1) is 15.8. The lowest BCUT2D eigenvalue weighted by molar-refractivity contribution is 0.797. The van der Waals surface area contributed by atoms with Gasteiger partial charge in [0.15, 0.2) is 0 Å². The Morgan fingerprint density at radius 2 is 1.11 bits per heavy atom. The van der Waals surface area contributed by atoms with Gasteiger partial charge in [0.25, 0.3) is 0 Å². The maximum Gasteiger partial charge on any atom is 0.0450 e. The van der Waals surface area contributed by atoms with Gasteiger partial charge in [-0.3, -0.25) is 0 Å². The Balaban J connectivity index is 3.62. The van der Waals surface area contributed by atoms with E-state index in [0.29, 0.717) is 11.3 Å². The Morgan fingerprint density at radius 1 is 0.833 bits per heavy atom. The van der Waals surface area contributed by atoms with E-state index in [2.05, 4.69) is 62.3 Å². The third kappa shape index (κ3) is 1.70. The van der Waals surface area contributed by atoms with E-state index in [0.717, 1.165) is 0 Å². The van der Waals surface area contributed by atoms with Crippen molar-refractivity contribution in [1.82, 2.24) is 0 Å². The Morgan fingerprint density at radius 3 is 1.33 bits per heavy atom. The number of hydrogen-bond donors (Lipinski definition) is 1. The van der Waals surface area contributed by atoms with Crippen molar-refractivity contribution in [2.75, 3.05) is 0 Å². The summed E-state index contributed by atoms with van der Waals surface area (Å²) in [4.78, 5) is 0. The molecular weight excluding hydrogens is 237 g/mol. The molecule has 0 heterocycles. The van der Waals surface area contributed by atoms with Crippen molar-refractivity contribution in [3.63, 3.8) is 0 Å². The van der Waals surface area contributed by atoms with Crippen LogP contribution >= 0.6 is 7.05 Å². The van der Waals surface area contributed by atoms with Gasteiger partial charge in [-0.15, -0.1) is 0 Å². The molecule has 104 valence electrons. The van der Waals surface area contributed by atoms with E-state index in [9.17, 15) is 5.16 Å². The molecule has 0 aromatic heterocycles. The van der Waals surface area contributed by atoms with Crippen molar-refractivity contribution in [3.05, 3.63) is 22.3 Å². The molecule has 0 saturated heterocycles. The summed E-state index contributed by atoms with van der Waals surface area (Å²) in [5.41, 5.74) is 6.64. The SMILES string of the molecule is CC1=C(C)C(C)(P(=N)(C(C)C)C(C)C)C(C)=C1C. The van der Waals surface area contributed by atoms with Gasteiger partial charge in [-0.2, -0.15) is 0 Å². The van der Waals surface area contributed by atoms with E-state index in [1.54, 1.807) is 0 Å². The number of nitrogens with one attached hydrogen (secondary N) is 1. The highest BCUT2D eigenvalue weighted by Gasteiger charge is 2.49. The Hall–Kier alpha value is -0.290. The maximum atomic E-state index is 9.31. The highest BCUT2D eigenvalue weighted by Crippen LogP contribution is 2.72. The number of rotatable bonds is 3. The van der Waals surface area contributed by atoms with Gasteiger partial charge in [0.05, 0.1) is 0 Å². The summed E-state index contributed by atoms with van der Waals surface area (Å²) in [6.45, 7) is 20.3. The summed E-state index contributed by atoms with van der Waals surface area (Å²) < 4.78 is 0. The highest BCUT2D eigenvalue weighted by atomic mass is 31.2. The molecule has 0 unspecified atom stereocenters. The predicted molar refractivity (Wildman–Crippen MR) is 85.1 cm³/mol.